The molecule has 0 spiro atoms. The molecule has 18 heteroatoms. The van der Waals surface area contributed by atoms with Gasteiger partial charge in [0.05, 0.1) is 27.4 Å². The molecule has 2 aliphatic rings. The lowest BCUT2D eigenvalue weighted by Gasteiger charge is -2.43. The van der Waals surface area contributed by atoms with E-state index in [0.717, 1.165) is 18.2 Å². The molecule has 2 saturated heterocycles. The largest absolute Gasteiger partial charge is 0.504 e. The van der Waals surface area contributed by atoms with Crippen LogP contribution in [0.1, 0.15) is 11.1 Å². The van der Waals surface area contributed by atoms with Gasteiger partial charge < -0.3 is 79.1 Å². The number of aliphatic hydroxyl groups is 6. The third kappa shape index (κ3) is 8.99. The lowest BCUT2D eigenvalue weighted by Crippen LogP contribution is -2.62. The van der Waals surface area contributed by atoms with Crippen LogP contribution in [0.3, 0.4) is 0 Å². The number of hydrogen-bond donors (Lipinski definition) is 9. The Balaban J connectivity index is 1.43. The molecule has 2 aromatic carbocycles. The highest BCUT2D eigenvalue weighted by atomic mass is 16.7. The van der Waals surface area contributed by atoms with Crippen LogP contribution >= 0.6 is 0 Å². The summed E-state index contributed by atoms with van der Waals surface area (Å²) >= 11 is 0. The molecule has 0 saturated carbocycles. The number of carbonyl (C=O) groups is 2. The number of phenols is 3. The Bertz CT molecular complexity index is 1540. The highest BCUT2D eigenvalue weighted by Crippen LogP contribution is 2.36. The molecule has 9 N–H and O–H groups in total. The fourth-order valence-electron chi connectivity index (χ4n) is 4.98. The van der Waals surface area contributed by atoms with Crippen LogP contribution in [0.25, 0.3) is 12.2 Å². The van der Waals surface area contributed by atoms with Crippen LogP contribution in [-0.2, 0) is 33.3 Å². The van der Waals surface area contributed by atoms with Crippen LogP contribution in [0.5, 0.6) is 28.7 Å². The van der Waals surface area contributed by atoms with Gasteiger partial charge in [-0.3, -0.25) is 0 Å². The number of rotatable bonds is 12. The highest BCUT2D eigenvalue weighted by molar-refractivity contribution is 5.88. The average molecular weight is 711 g/mol. The van der Waals surface area contributed by atoms with Crippen molar-refractivity contribution in [3.05, 3.63) is 53.6 Å². The Morgan fingerprint density at radius 3 is 1.96 bits per heavy atom. The minimum atomic E-state index is -1.92. The molecule has 0 bridgehead atoms. The van der Waals surface area contributed by atoms with Crippen molar-refractivity contribution in [2.75, 3.05) is 27.4 Å². The maximum Gasteiger partial charge on any atom is 0.333 e. The van der Waals surface area contributed by atoms with E-state index in [1.54, 1.807) is 0 Å². The summed E-state index contributed by atoms with van der Waals surface area (Å²) in [6.45, 7) is -1.47. The first kappa shape index (κ1) is 38.3. The van der Waals surface area contributed by atoms with E-state index in [1.807, 2.05) is 0 Å². The van der Waals surface area contributed by atoms with Crippen LogP contribution < -0.4 is 9.47 Å². The Morgan fingerprint density at radius 1 is 0.700 bits per heavy atom. The second kappa shape index (κ2) is 16.9. The minimum absolute atomic E-state index is 0.0816. The van der Waals surface area contributed by atoms with E-state index in [2.05, 4.69) is 0 Å². The third-order valence-corrected chi connectivity index (χ3v) is 7.73. The van der Waals surface area contributed by atoms with Crippen LogP contribution in [0.4, 0.5) is 0 Å². The monoisotopic (exact) mass is 710 g/mol. The molecule has 2 aliphatic heterocycles. The van der Waals surface area contributed by atoms with E-state index in [1.165, 1.54) is 50.6 Å². The van der Waals surface area contributed by atoms with Gasteiger partial charge in [-0.1, -0.05) is 6.07 Å². The summed E-state index contributed by atoms with van der Waals surface area (Å²) in [4.78, 5) is 25.2. The first-order valence-corrected chi connectivity index (χ1v) is 15.0. The number of esters is 2. The van der Waals surface area contributed by atoms with Crippen LogP contribution in [0, 0.1) is 0 Å². The highest BCUT2D eigenvalue weighted by Gasteiger charge is 2.49. The van der Waals surface area contributed by atoms with E-state index in [0.29, 0.717) is 5.56 Å². The average Bonchev–Trinajstić information content (AvgIpc) is 3.10. The van der Waals surface area contributed by atoms with Gasteiger partial charge >= 0.3 is 11.9 Å². The number of carbonyl (C=O) groups excluding carboxylic acids is 2. The van der Waals surface area contributed by atoms with Crippen molar-refractivity contribution in [1.82, 2.24) is 0 Å². The minimum Gasteiger partial charge on any atom is -0.504 e. The summed E-state index contributed by atoms with van der Waals surface area (Å²) in [5, 5.41) is 91.5. The third-order valence-electron chi connectivity index (χ3n) is 7.73. The van der Waals surface area contributed by atoms with Crippen molar-refractivity contribution >= 4 is 24.1 Å². The van der Waals surface area contributed by atoms with E-state index in [4.69, 9.17) is 33.2 Å². The predicted molar refractivity (Wildman–Crippen MR) is 165 cm³/mol. The summed E-state index contributed by atoms with van der Waals surface area (Å²) in [7, 11) is 2.59. The Labute approximate surface area is 284 Å². The van der Waals surface area contributed by atoms with Crippen molar-refractivity contribution in [2.24, 2.45) is 0 Å². The molecule has 2 heterocycles. The van der Waals surface area contributed by atoms with Crippen molar-refractivity contribution in [3.63, 3.8) is 0 Å². The number of aliphatic hydroxyl groups excluding tert-OH is 6. The number of benzene rings is 2. The lowest BCUT2D eigenvalue weighted by atomic mass is 9.98. The maximum absolute atomic E-state index is 12.7. The Morgan fingerprint density at radius 2 is 1.30 bits per heavy atom. The van der Waals surface area contributed by atoms with Gasteiger partial charge in [-0.25, -0.2) is 9.59 Å². The zero-order valence-electron chi connectivity index (χ0n) is 26.6. The molecule has 0 radical (unpaired) electrons. The molecular formula is C32H38O18. The second-order valence-electron chi connectivity index (χ2n) is 11.1. The summed E-state index contributed by atoms with van der Waals surface area (Å²) in [5.74, 6) is -3.24. The molecule has 0 unspecified atom stereocenters. The van der Waals surface area contributed by atoms with Crippen LogP contribution in [-0.4, -0.2) is 147 Å². The van der Waals surface area contributed by atoms with E-state index < -0.39 is 98.1 Å². The molecule has 274 valence electrons. The Hall–Kier alpha value is -4.50. The second-order valence-corrected chi connectivity index (χ2v) is 11.1. The molecule has 2 aromatic rings. The van der Waals surface area contributed by atoms with Gasteiger partial charge in [0.1, 0.15) is 42.7 Å². The first-order valence-electron chi connectivity index (χ1n) is 15.0. The van der Waals surface area contributed by atoms with Crippen molar-refractivity contribution in [2.45, 2.75) is 61.4 Å². The molecule has 0 aromatic heterocycles. The van der Waals surface area contributed by atoms with Crippen molar-refractivity contribution in [3.8, 4) is 28.7 Å². The SMILES string of the molecule is COc1cc(/C=C/C(=O)O[C@H]2[C@H](OC[C@H]3O[C@@H](OC(=O)/C=C/c4cc(O)c(O)c(OC)c4)[C@H](O)[C@@H](O)[C@@H]3O)O[C@H](CO)[C@@H](O)[C@@H]2O)ccc1O. The molecule has 50 heavy (non-hydrogen) atoms. The topological polar surface area (TPSA) is 281 Å². The van der Waals surface area contributed by atoms with E-state index in [9.17, 15) is 55.5 Å². The number of hydrogen-bond acceptors (Lipinski definition) is 18. The standard InChI is InChI=1S/C32H38O18/c1-44-18-10-14(3-6-16(18)34)4-7-22(36)49-30-28(42)25(39)20(12-33)47-32(30)46-13-21-26(40)27(41)29(43)31(48-21)50-23(37)8-5-15-9-17(35)24(38)19(11-15)45-2/h3-11,20-21,25-35,38-43H,12-13H2,1-2H3/b7-4+,8-5+/t20-,21-,25-,26-,27+,28+,29-,30-,31+,32-/m1/s1. The predicted octanol–water partition coefficient (Wildman–Crippen LogP) is -1.73. The van der Waals surface area contributed by atoms with E-state index >= 15 is 0 Å². The van der Waals surface area contributed by atoms with Gasteiger partial charge in [-0.15, -0.1) is 0 Å². The first-order chi connectivity index (χ1) is 23.8. The quantitative estimate of drug-likeness (QED) is 0.0672. The maximum atomic E-state index is 12.7. The summed E-state index contributed by atoms with van der Waals surface area (Å²) in [6, 6.07) is 6.66. The fraction of sp³-hybridized carbons (Fsp3) is 0.438. The lowest BCUT2D eigenvalue weighted by molar-refractivity contribution is -0.327. The zero-order valence-corrected chi connectivity index (χ0v) is 26.6. The number of methoxy groups -OCH3 is 2. The summed E-state index contributed by atoms with van der Waals surface area (Å²) < 4.78 is 36.9. The van der Waals surface area contributed by atoms with Gasteiger partial charge in [0.25, 0.3) is 0 Å². The smallest absolute Gasteiger partial charge is 0.333 e. The Kier molecular flexibility index (Phi) is 13.0. The van der Waals surface area contributed by atoms with Crippen LogP contribution in [0.15, 0.2) is 42.5 Å². The molecular weight excluding hydrogens is 672 g/mol. The normalized spacial score (nSPS) is 29.9. The number of phenolic OH excluding ortho intramolecular Hbond substituents is 3. The molecule has 0 amide bonds. The number of ether oxygens (including phenoxy) is 7. The van der Waals surface area contributed by atoms with Crippen molar-refractivity contribution in [1.29, 1.82) is 0 Å². The molecule has 10 atom stereocenters. The van der Waals surface area contributed by atoms with Gasteiger partial charge in [0.2, 0.25) is 12.0 Å². The summed E-state index contributed by atoms with van der Waals surface area (Å²) in [5.41, 5.74) is 0.647. The van der Waals surface area contributed by atoms with Crippen LogP contribution in [0.2, 0.25) is 0 Å². The summed E-state index contributed by atoms with van der Waals surface area (Å²) in [6.07, 6.45) is -13.0. The zero-order chi connectivity index (χ0) is 36.7. The molecule has 2 fully saturated rings. The van der Waals surface area contributed by atoms with Gasteiger partial charge in [-0.2, -0.15) is 0 Å². The van der Waals surface area contributed by atoms with E-state index in [-0.39, 0.29) is 22.8 Å². The van der Waals surface area contributed by atoms with Gasteiger partial charge in [0, 0.05) is 12.2 Å². The fourth-order valence-corrected chi connectivity index (χ4v) is 4.98. The van der Waals surface area contributed by atoms with Gasteiger partial charge in [0.15, 0.2) is 35.4 Å². The van der Waals surface area contributed by atoms with Gasteiger partial charge in [-0.05, 0) is 47.5 Å². The number of aromatic hydroxyl groups is 3. The molecule has 4 rings (SSSR count). The molecule has 0 aliphatic carbocycles. The molecule has 18 nitrogen and oxygen atoms in total. The van der Waals surface area contributed by atoms with Crippen molar-refractivity contribution < 1.29 is 88.7 Å².